The van der Waals surface area contributed by atoms with Crippen molar-refractivity contribution in [2.45, 2.75) is 72.6 Å². The summed E-state index contributed by atoms with van der Waals surface area (Å²) in [6.07, 6.45) is 9.84. The van der Waals surface area contributed by atoms with Crippen molar-refractivity contribution in [3.63, 3.8) is 0 Å². The zero-order valence-corrected chi connectivity index (χ0v) is 10.1. The fourth-order valence-corrected chi connectivity index (χ4v) is 2.39. The maximum absolute atomic E-state index is 2.36. The summed E-state index contributed by atoms with van der Waals surface area (Å²) >= 11 is 0. The van der Waals surface area contributed by atoms with Crippen LogP contribution < -0.4 is 0 Å². The van der Waals surface area contributed by atoms with Crippen molar-refractivity contribution in [1.29, 1.82) is 0 Å². The summed E-state index contributed by atoms with van der Waals surface area (Å²) in [5.41, 5.74) is 0. The molecule has 0 aliphatic heterocycles. The first-order chi connectivity index (χ1) is 6.29. The Morgan fingerprint density at radius 1 is 0.692 bits per heavy atom. The molecule has 0 aliphatic rings. The largest absolute Gasteiger partial charge is 0.0654 e. The van der Waals surface area contributed by atoms with Gasteiger partial charge >= 0.3 is 0 Å². The lowest BCUT2D eigenvalue weighted by Gasteiger charge is -2.23. The molecule has 0 saturated heterocycles. The molecule has 1 atom stereocenters. The van der Waals surface area contributed by atoms with Crippen LogP contribution in [-0.2, 0) is 0 Å². The standard InChI is InChI=1S/C13H28/c1-5-9-10-11-13(8-4)12(6-2)7-3/h12-13H,5-11H2,1-4H3. The lowest BCUT2D eigenvalue weighted by Crippen LogP contribution is -2.12. The third-order valence-corrected chi connectivity index (χ3v) is 3.42. The lowest BCUT2D eigenvalue weighted by molar-refractivity contribution is 0.279. The van der Waals surface area contributed by atoms with Gasteiger partial charge in [-0.25, -0.2) is 0 Å². The van der Waals surface area contributed by atoms with E-state index in [1.54, 1.807) is 0 Å². The molecule has 0 rings (SSSR count). The van der Waals surface area contributed by atoms with E-state index in [-0.39, 0.29) is 0 Å². The van der Waals surface area contributed by atoms with Crippen LogP contribution in [0.2, 0.25) is 0 Å². The zero-order valence-electron chi connectivity index (χ0n) is 10.1. The molecule has 0 fully saturated rings. The van der Waals surface area contributed by atoms with E-state index < -0.39 is 0 Å². The maximum Gasteiger partial charge on any atom is -0.0389 e. The molecule has 0 radical (unpaired) electrons. The van der Waals surface area contributed by atoms with Crippen LogP contribution in [0.4, 0.5) is 0 Å². The van der Waals surface area contributed by atoms with Gasteiger partial charge in [-0.05, 0) is 11.8 Å². The number of unbranched alkanes of at least 4 members (excludes halogenated alkanes) is 2. The molecule has 1 unspecified atom stereocenters. The van der Waals surface area contributed by atoms with E-state index >= 15 is 0 Å². The highest BCUT2D eigenvalue weighted by Crippen LogP contribution is 2.27. The molecule has 0 N–H and O–H groups in total. The smallest absolute Gasteiger partial charge is 0.0389 e. The Kier molecular flexibility index (Phi) is 8.59. The molecule has 0 aromatic rings. The molecule has 80 valence electrons. The molecule has 0 saturated carbocycles. The Balaban J connectivity index is 3.71. The van der Waals surface area contributed by atoms with Crippen molar-refractivity contribution in [3.05, 3.63) is 0 Å². The summed E-state index contributed by atoms with van der Waals surface area (Å²) in [6, 6.07) is 0. The minimum atomic E-state index is 0.988. The monoisotopic (exact) mass is 184 g/mol. The zero-order chi connectivity index (χ0) is 10.1. The van der Waals surface area contributed by atoms with Crippen LogP contribution in [0.3, 0.4) is 0 Å². The van der Waals surface area contributed by atoms with Gasteiger partial charge in [-0.15, -0.1) is 0 Å². The van der Waals surface area contributed by atoms with Gasteiger partial charge in [0.2, 0.25) is 0 Å². The number of rotatable bonds is 8. The van der Waals surface area contributed by atoms with E-state index in [0.717, 1.165) is 11.8 Å². The normalized spacial score (nSPS) is 13.6. The van der Waals surface area contributed by atoms with Gasteiger partial charge in [-0.3, -0.25) is 0 Å². The average Bonchev–Trinajstić information content (AvgIpc) is 2.17. The van der Waals surface area contributed by atoms with Crippen LogP contribution in [0.15, 0.2) is 0 Å². The van der Waals surface area contributed by atoms with Crippen molar-refractivity contribution in [2.75, 3.05) is 0 Å². The van der Waals surface area contributed by atoms with Crippen LogP contribution in [0.25, 0.3) is 0 Å². The van der Waals surface area contributed by atoms with Crippen LogP contribution in [0.5, 0.6) is 0 Å². The van der Waals surface area contributed by atoms with Crippen LogP contribution in [0, 0.1) is 11.8 Å². The number of hydrogen-bond donors (Lipinski definition) is 0. The van der Waals surface area contributed by atoms with E-state index in [2.05, 4.69) is 27.7 Å². The highest BCUT2D eigenvalue weighted by Gasteiger charge is 2.15. The predicted molar refractivity (Wildman–Crippen MR) is 62.0 cm³/mol. The molecular weight excluding hydrogens is 156 g/mol. The molecule has 0 heteroatoms. The fourth-order valence-electron chi connectivity index (χ4n) is 2.39. The van der Waals surface area contributed by atoms with E-state index in [1.807, 2.05) is 0 Å². The van der Waals surface area contributed by atoms with Gasteiger partial charge in [0.15, 0.2) is 0 Å². The molecule has 0 aliphatic carbocycles. The highest BCUT2D eigenvalue weighted by molar-refractivity contribution is 4.66. The van der Waals surface area contributed by atoms with Crippen molar-refractivity contribution >= 4 is 0 Å². The summed E-state index contributed by atoms with van der Waals surface area (Å²) in [4.78, 5) is 0. The minimum absolute atomic E-state index is 0.988. The summed E-state index contributed by atoms with van der Waals surface area (Å²) in [5, 5.41) is 0. The summed E-state index contributed by atoms with van der Waals surface area (Å²) in [6.45, 7) is 9.33. The third kappa shape index (κ3) is 5.33. The first kappa shape index (κ1) is 13.0. The van der Waals surface area contributed by atoms with Gasteiger partial charge in [-0.1, -0.05) is 72.6 Å². The van der Waals surface area contributed by atoms with Crippen LogP contribution in [0.1, 0.15) is 72.6 Å². The Labute approximate surface area is 85.1 Å². The second-order valence-corrected chi connectivity index (χ2v) is 4.24. The Morgan fingerprint density at radius 2 is 1.23 bits per heavy atom. The SMILES string of the molecule is CCCCCC(CC)C(CC)CC. The predicted octanol–water partition coefficient (Wildman–Crippen LogP) is 5.03. The third-order valence-electron chi connectivity index (χ3n) is 3.42. The highest BCUT2D eigenvalue weighted by atomic mass is 14.2. The van der Waals surface area contributed by atoms with Crippen molar-refractivity contribution < 1.29 is 0 Å². The van der Waals surface area contributed by atoms with Gasteiger partial charge in [-0.2, -0.15) is 0 Å². The molecule has 0 heterocycles. The Morgan fingerprint density at radius 3 is 1.62 bits per heavy atom. The first-order valence-electron chi connectivity index (χ1n) is 6.29. The van der Waals surface area contributed by atoms with E-state index in [1.165, 1.54) is 44.9 Å². The summed E-state index contributed by atoms with van der Waals surface area (Å²) in [7, 11) is 0. The molecule has 0 bridgehead atoms. The van der Waals surface area contributed by atoms with Gasteiger partial charge in [0.1, 0.15) is 0 Å². The van der Waals surface area contributed by atoms with Crippen LogP contribution >= 0.6 is 0 Å². The second-order valence-electron chi connectivity index (χ2n) is 4.24. The van der Waals surface area contributed by atoms with Gasteiger partial charge in [0.05, 0.1) is 0 Å². The minimum Gasteiger partial charge on any atom is -0.0654 e. The van der Waals surface area contributed by atoms with Crippen LogP contribution in [-0.4, -0.2) is 0 Å². The molecular formula is C13H28. The molecule has 0 spiro atoms. The maximum atomic E-state index is 2.36. The Bertz CT molecular complexity index is 92.2. The molecule has 0 nitrogen and oxygen atoms in total. The van der Waals surface area contributed by atoms with E-state index in [0.29, 0.717) is 0 Å². The van der Waals surface area contributed by atoms with Crippen molar-refractivity contribution in [3.8, 4) is 0 Å². The van der Waals surface area contributed by atoms with Gasteiger partial charge in [0.25, 0.3) is 0 Å². The van der Waals surface area contributed by atoms with E-state index in [4.69, 9.17) is 0 Å². The van der Waals surface area contributed by atoms with E-state index in [9.17, 15) is 0 Å². The topological polar surface area (TPSA) is 0 Å². The molecule has 0 aromatic carbocycles. The quantitative estimate of drug-likeness (QED) is 0.464. The van der Waals surface area contributed by atoms with Crippen molar-refractivity contribution in [1.82, 2.24) is 0 Å². The number of hydrogen-bond acceptors (Lipinski definition) is 0. The van der Waals surface area contributed by atoms with Crippen molar-refractivity contribution in [2.24, 2.45) is 11.8 Å². The average molecular weight is 184 g/mol. The molecule has 0 aromatic heterocycles. The Hall–Kier alpha value is 0. The van der Waals surface area contributed by atoms with Gasteiger partial charge < -0.3 is 0 Å². The first-order valence-corrected chi connectivity index (χ1v) is 6.29. The summed E-state index contributed by atoms with van der Waals surface area (Å²) < 4.78 is 0. The fraction of sp³-hybridized carbons (Fsp3) is 1.00. The molecule has 0 amide bonds. The van der Waals surface area contributed by atoms with Gasteiger partial charge in [0, 0.05) is 0 Å². The lowest BCUT2D eigenvalue weighted by atomic mass is 9.82. The second kappa shape index (κ2) is 8.59. The molecule has 13 heavy (non-hydrogen) atoms. The summed E-state index contributed by atoms with van der Waals surface area (Å²) in [5.74, 6) is 1.99.